The minimum Gasteiger partial charge on any atom is -0.294 e. The molecule has 0 saturated heterocycles. The molecule has 0 heterocycles. The van der Waals surface area contributed by atoms with Gasteiger partial charge >= 0.3 is 0 Å². The molecule has 72 valence electrons. The van der Waals surface area contributed by atoms with Gasteiger partial charge in [-0.05, 0) is 23.6 Å². The van der Waals surface area contributed by atoms with E-state index in [1.807, 2.05) is 30.3 Å². The van der Waals surface area contributed by atoms with Crippen LogP contribution in [-0.2, 0) is 4.79 Å². The molecule has 1 nitrogen and oxygen atoms in total. The zero-order chi connectivity index (χ0) is 10.6. The predicted molar refractivity (Wildman–Crippen MR) is 59.9 cm³/mol. The lowest BCUT2D eigenvalue weighted by Crippen LogP contribution is -1.99. The van der Waals surface area contributed by atoms with E-state index in [0.717, 1.165) is 11.1 Å². The fraction of sp³-hybridized carbons (Fsp3) is 0.154. The monoisotopic (exact) mass is 186 g/mol. The Morgan fingerprint density at radius 2 is 1.79 bits per heavy atom. The molecule has 0 unspecified atom stereocenters. The van der Waals surface area contributed by atoms with Gasteiger partial charge in [-0.25, -0.2) is 0 Å². The molecule has 0 aliphatic carbocycles. The van der Waals surface area contributed by atoms with Crippen LogP contribution in [0.2, 0.25) is 0 Å². The second kappa shape index (κ2) is 4.56. The quantitative estimate of drug-likeness (QED) is 0.660. The van der Waals surface area contributed by atoms with Gasteiger partial charge in [0.1, 0.15) is 0 Å². The number of hydrogen-bond donors (Lipinski definition) is 0. The van der Waals surface area contributed by atoms with Gasteiger partial charge in [0.05, 0.1) is 0 Å². The van der Waals surface area contributed by atoms with Crippen LogP contribution in [0.4, 0.5) is 0 Å². The van der Waals surface area contributed by atoms with E-state index in [2.05, 4.69) is 13.2 Å². The molecule has 0 fully saturated rings. The third-order valence-electron chi connectivity index (χ3n) is 2.03. The minimum atomic E-state index is 0.0545. The first-order valence-electron chi connectivity index (χ1n) is 4.53. The van der Waals surface area contributed by atoms with Crippen LogP contribution in [-0.4, -0.2) is 5.78 Å². The Kier molecular flexibility index (Phi) is 3.41. The lowest BCUT2D eigenvalue weighted by atomic mass is 10.0. The maximum atomic E-state index is 11.4. The Balaban J connectivity index is 2.69. The van der Waals surface area contributed by atoms with Crippen molar-refractivity contribution in [3.05, 3.63) is 54.6 Å². The normalized spacial score (nSPS) is 9.50. The standard InChI is InChI=1S/C13H14O/c1-10(2)13(14)9-11(3)12-7-5-4-6-8-12/h4-8H,1,3,9H2,2H3. The van der Waals surface area contributed by atoms with Crippen molar-refractivity contribution < 1.29 is 4.79 Å². The van der Waals surface area contributed by atoms with Gasteiger partial charge in [0.2, 0.25) is 0 Å². The summed E-state index contributed by atoms with van der Waals surface area (Å²) in [6.45, 7) is 9.22. The van der Waals surface area contributed by atoms with Crippen LogP contribution in [0.15, 0.2) is 49.1 Å². The summed E-state index contributed by atoms with van der Waals surface area (Å²) in [7, 11) is 0. The number of allylic oxidation sites excluding steroid dienone is 2. The summed E-state index contributed by atoms with van der Waals surface area (Å²) >= 11 is 0. The van der Waals surface area contributed by atoms with Crippen LogP contribution >= 0.6 is 0 Å². The maximum absolute atomic E-state index is 11.4. The van der Waals surface area contributed by atoms with E-state index in [9.17, 15) is 4.79 Å². The van der Waals surface area contributed by atoms with Gasteiger partial charge in [0.15, 0.2) is 5.78 Å². The first-order chi connectivity index (χ1) is 6.61. The molecule has 1 rings (SSSR count). The van der Waals surface area contributed by atoms with Crippen LogP contribution in [0.3, 0.4) is 0 Å². The van der Waals surface area contributed by atoms with Crippen LogP contribution in [0.5, 0.6) is 0 Å². The third-order valence-corrected chi connectivity index (χ3v) is 2.03. The molecule has 0 atom stereocenters. The predicted octanol–water partition coefficient (Wildman–Crippen LogP) is 3.24. The summed E-state index contributed by atoms with van der Waals surface area (Å²) < 4.78 is 0. The first-order valence-corrected chi connectivity index (χ1v) is 4.53. The van der Waals surface area contributed by atoms with Gasteiger partial charge in [-0.2, -0.15) is 0 Å². The van der Waals surface area contributed by atoms with E-state index in [0.29, 0.717) is 12.0 Å². The van der Waals surface area contributed by atoms with Crippen molar-refractivity contribution in [1.82, 2.24) is 0 Å². The van der Waals surface area contributed by atoms with Crippen molar-refractivity contribution in [3.63, 3.8) is 0 Å². The van der Waals surface area contributed by atoms with E-state index < -0.39 is 0 Å². The Morgan fingerprint density at radius 1 is 1.21 bits per heavy atom. The topological polar surface area (TPSA) is 17.1 Å². The van der Waals surface area contributed by atoms with E-state index >= 15 is 0 Å². The molecule has 0 aliphatic heterocycles. The van der Waals surface area contributed by atoms with Crippen molar-refractivity contribution in [2.45, 2.75) is 13.3 Å². The molecular weight excluding hydrogens is 172 g/mol. The number of carbonyl (C=O) groups excluding carboxylic acids is 1. The van der Waals surface area contributed by atoms with E-state index in [4.69, 9.17) is 0 Å². The van der Waals surface area contributed by atoms with E-state index in [1.165, 1.54) is 0 Å². The second-order valence-corrected chi connectivity index (χ2v) is 3.35. The highest BCUT2D eigenvalue weighted by Crippen LogP contribution is 2.17. The highest BCUT2D eigenvalue weighted by Gasteiger charge is 2.06. The van der Waals surface area contributed by atoms with Crippen molar-refractivity contribution in [2.75, 3.05) is 0 Å². The molecule has 1 aromatic rings. The number of hydrogen-bond acceptors (Lipinski definition) is 1. The largest absolute Gasteiger partial charge is 0.294 e. The van der Waals surface area contributed by atoms with Crippen LogP contribution < -0.4 is 0 Å². The summed E-state index contributed by atoms with van der Waals surface area (Å²) in [6.07, 6.45) is 0.360. The molecule has 1 heteroatoms. The molecule has 0 saturated carbocycles. The Bertz CT molecular complexity index is 360. The van der Waals surface area contributed by atoms with Gasteiger partial charge in [-0.1, -0.05) is 43.5 Å². The van der Waals surface area contributed by atoms with Gasteiger partial charge in [-0.15, -0.1) is 0 Å². The summed E-state index contributed by atoms with van der Waals surface area (Å²) in [5.41, 5.74) is 2.45. The number of benzene rings is 1. The molecular formula is C13H14O. The van der Waals surface area contributed by atoms with Crippen LogP contribution in [0, 0.1) is 0 Å². The number of rotatable bonds is 4. The number of Topliss-reactive ketones (excluding diaryl/α,β-unsaturated/α-hetero) is 1. The summed E-state index contributed by atoms with van der Waals surface area (Å²) in [5.74, 6) is 0.0545. The van der Waals surface area contributed by atoms with Crippen molar-refractivity contribution >= 4 is 11.4 Å². The number of carbonyl (C=O) groups is 1. The molecule has 0 amide bonds. The highest BCUT2D eigenvalue weighted by molar-refractivity contribution is 6.00. The summed E-state index contributed by atoms with van der Waals surface area (Å²) in [4.78, 5) is 11.4. The second-order valence-electron chi connectivity index (χ2n) is 3.35. The molecule has 1 aromatic carbocycles. The van der Waals surface area contributed by atoms with Crippen LogP contribution in [0.1, 0.15) is 18.9 Å². The SMILES string of the molecule is C=C(C)C(=O)CC(=C)c1ccccc1. The fourth-order valence-corrected chi connectivity index (χ4v) is 1.12. The van der Waals surface area contributed by atoms with Crippen molar-refractivity contribution in [1.29, 1.82) is 0 Å². The summed E-state index contributed by atoms with van der Waals surface area (Å²) in [5, 5.41) is 0. The molecule has 0 radical (unpaired) electrons. The van der Waals surface area contributed by atoms with Gasteiger partial charge in [-0.3, -0.25) is 4.79 Å². The Morgan fingerprint density at radius 3 is 2.29 bits per heavy atom. The van der Waals surface area contributed by atoms with Crippen molar-refractivity contribution in [3.8, 4) is 0 Å². The van der Waals surface area contributed by atoms with Gasteiger partial charge in [0, 0.05) is 6.42 Å². The van der Waals surface area contributed by atoms with Crippen LogP contribution in [0.25, 0.3) is 5.57 Å². The smallest absolute Gasteiger partial charge is 0.162 e. The highest BCUT2D eigenvalue weighted by atomic mass is 16.1. The molecule has 0 aliphatic rings. The maximum Gasteiger partial charge on any atom is 0.162 e. The zero-order valence-electron chi connectivity index (χ0n) is 8.42. The fourth-order valence-electron chi connectivity index (χ4n) is 1.12. The summed E-state index contributed by atoms with van der Waals surface area (Å²) in [6, 6.07) is 9.72. The zero-order valence-corrected chi connectivity index (χ0v) is 8.42. The van der Waals surface area contributed by atoms with E-state index in [-0.39, 0.29) is 5.78 Å². The molecule has 0 spiro atoms. The average molecular weight is 186 g/mol. The molecule has 0 aromatic heterocycles. The van der Waals surface area contributed by atoms with Gasteiger partial charge in [0.25, 0.3) is 0 Å². The molecule has 0 N–H and O–H groups in total. The average Bonchev–Trinajstić information content (AvgIpc) is 2.19. The van der Waals surface area contributed by atoms with E-state index in [1.54, 1.807) is 6.92 Å². The third kappa shape index (κ3) is 2.70. The number of ketones is 1. The Labute approximate surface area is 84.8 Å². The molecule has 14 heavy (non-hydrogen) atoms. The molecule has 0 bridgehead atoms. The minimum absolute atomic E-state index is 0.0545. The first kappa shape index (κ1) is 10.5. The lowest BCUT2D eigenvalue weighted by molar-refractivity contribution is -0.114. The lowest BCUT2D eigenvalue weighted by Gasteiger charge is -2.04. The van der Waals surface area contributed by atoms with Crippen molar-refractivity contribution in [2.24, 2.45) is 0 Å². The Hall–Kier alpha value is -1.63. The van der Waals surface area contributed by atoms with Gasteiger partial charge < -0.3 is 0 Å².